The number of hydrogen-bond donors (Lipinski definition) is 1. The lowest BCUT2D eigenvalue weighted by molar-refractivity contribution is 0.0677. The third-order valence-corrected chi connectivity index (χ3v) is 3.26. The van der Waals surface area contributed by atoms with E-state index in [0.29, 0.717) is 23.3 Å². The minimum absolute atomic E-state index is 0.613. The summed E-state index contributed by atoms with van der Waals surface area (Å²) < 4.78 is 5.25. The van der Waals surface area contributed by atoms with Crippen LogP contribution in [-0.2, 0) is 4.74 Å². The first-order chi connectivity index (χ1) is 8.77. The molecular formula is C12H14ClN3OS. The van der Waals surface area contributed by atoms with Gasteiger partial charge in [0, 0.05) is 23.7 Å². The molecule has 4 nitrogen and oxygen atoms in total. The zero-order valence-electron chi connectivity index (χ0n) is 9.80. The Morgan fingerprint density at radius 1 is 1.39 bits per heavy atom. The second-order valence-electron chi connectivity index (χ2n) is 3.80. The predicted octanol–water partition coefficient (Wildman–Crippen LogP) is 1.88. The highest BCUT2D eigenvalue weighted by Gasteiger charge is 2.12. The first kappa shape index (κ1) is 13.3. The zero-order valence-corrected chi connectivity index (χ0v) is 11.4. The summed E-state index contributed by atoms with van der Waals surface area (Å²) in [6.45, 7) is 3.01. The summed E-state index contributed by atoms with van der Waals surface area (Å²) >= 11 is 11.2. The molecule has 1 aromatic rings. The van der Waals surface area contributed by atoms with E-state index in [1.54, 1.807) is 6.21 Å². The highest BCUT2D eigenvalue weighted by atomic mass is 35.5. The summed E-state index contributed by atoms with van der Waals surface area (Å²) in [5, 5.41) is 5.37. The number of ether oxygens (including phenoxy) is 1. The number of morpholine rings is 1. The van der Waals surface area contributed by atoms with Crippen molar-refractivity contribution in [2.24, 2.45) is 5.10 Å². The largest absolute Gasteiger partial charge is 0.378 e. The molecule has 0 saturated carbocycles. The molecule has 0 unspecified atom stereocenters. The molecule has 1 fully saturated rings. The molecule has 18 heavy (non-hydrogen) atoms. The quantitative estimate of drug-likeness (QED) is 0.511. The molecule has 0 aliphatic carbocycles. The van der Waals surface area contributed by atoms with Crippen LogP contribution in [0, 0.1) is 0 Å². The first-order valence-electron chi connectivity index (χ1n) is 5.67. The van der Waals surface area contributed by atoms with Crippen LogP contribution in [0.3, 0.4) is 0 Å². The van der Waals surface area contributed by atoms with E-state index in [9.17, 15) is 0 Å². The van der Waals surface area contributed by atoms with E-state index in [2.05, 4.69) is 10.5 Å². The van der Waals surface area contributed by atoms with Gasteiger partial charge in [-0.2, -0.15) is 5.10 Å². The van der Waals surface area contributed by atoms with Gasteiger partial charge in [-0.05, 0) is 18.3 Å². The molecule has 0 aromatic heterocycles. The second kappa shape index (κ2) is 6.68. The molecule has 1 saturated heterocycles. The van der Waals surface area contributed by atoms with Gasteiger partial charge < -0.3 is 9.64 Å². The van der Waals surface area contributed by atoms with E-state index < -0.39 is 0 Å². The van der Waals surface area contributed by atoms with Gasteiger partial charge >= 0.3 is 0 Å². The van der Waals surface area contributed by atoms with Gasteiger partial charge in [0.05, 0.1) is 19.4 Å². The zero-order chi connectivity index (χ0) is 12.8. The van der Waals surface area contributed by atoms with E-state index >= 15 is 0 Å². The minimum atomic E-state index is 0.613. The second-order valence-corrected chi connectivity index (χ2v) is 4.59. The predicted molar refractivity (Wildman–Crippen MR) is 77.2 cm³/mol. The van der Waals surface area contributed by atoms with Crippen molar-refractivity contribution < 1.29 is 4.74 Å². The maximum Gasteiger partial charge on any atom is 0.189 e. The van der Waals surface area contributed by atoms with Crippen molar-refractivity contribution >= 4 is 35.1 Å². The third-order valence-electron chi connectivity index (χ3n) is 2.57. The Hall–Kier alpha value is -1.17. The van der Waals surface area contributed by atoms with Crippen LogP contribution in [0.1, 0.15) is 5.56 Å². The average Bonchev–Trinajstić information content (AvgIpc) is 2.42. The summed E-state index contributed by atoms with van der Waals surface area (Å²) in [5.74, 6) is 0. The van der Waals surface area contributed by atoms with Crippen molar-refractivity contribution in [2.45, 2.75) is 0 Å². The molecule has 0 spiro atoms. The Labute approximate surface area is 117 Å². The van der Waals surface area contributed by atoms with E-state index in [-0.39, 0.29) is 0 Å². The van der Waals surface area contributed by atoms with Crippen molar-refractivity contribution in [3.05, 3.63) is 34.9 Å². The van der Waals surface area contributed by atoms with Crippen molar-refractivity contribution in [1.82, 2.24) is 10.3 Å². The molecule has 1 aliphatic rings. The van der Waals surface area contributed by atoms with Crippen LogP contribution in [0.2, 0.25) is 5.02 Å². The number of halogens is 1. The molecule has 0 amide bonds. The smallest absolute Gasteiger partial charge is 0.189 e. The van der Waals surface area contributed by atoms with Crippen molar-refractivity contribution in [3.8, 4) is 0 Å². The molecule has 1 heterocycles. The number of rotatable bonds is 2. The number of benzene rings is 1. The fourth-order valence-electron chi connectivity index (χ4n) is 1.57. The summed E-state index contributed by atoms with van der Waals surface area (Å²) in [6.07, 6.45) is 1.66. The molecule has 6 heteroatoms. The van der Waals surface area contributed by atoms with Crippen molar-refractivity contribution in [3.63, 3.8) is 0 Å². The molecular weight excluding hydrogens is 270 g/mol. The maximum absolute atomic E-state index is 6.01. The number of hydrazone groups is 1. The highest BCUT2D eigenvalue weighted by Crippen LogP contribution is 2.12. The number of nitrogens with one attached hydrogen (secondary N) is 1. The lowest BCUT2D eigenvalue weighted by Crippen LogP contribution is -2.44. The normalized spacial score (nSPS) is 15.9. The van der Waals surface area contributed by atoms with Gasteiger partial charge in [0.1, 0.15) is 0 Å². The van der Waals surface area contributed by atoms with E-state index in [1.165, 1.54) is 0 Å². The molecule has 96 valence electrons. The van der Waals surface area contributed by atoms with Crippen LogP contribution in [0.4, 0.5) is 0 Å². The number of hydrogen-bond acceptors (Lipinski definition) is 3. The van der Waals surface area contributed by atoms with Crippen LogP contribution in [0.5, 0.6) is 0 Å². The Kier molecular flexibility index (Phi) is 4.92. The molecule has 0 atom stereocenters. The van der Waals surface area contributed by atoms with Gasteiger partial charge in [-0.25, -0.2) is 0 Å². The van der Waals surface area contributed by atoms with E-state index in [0.717, 1.165) is 18.7 Å². The Bertz CT molecular complexity index is 447. The van der Waals surface area contributed by atoms with Crippen LogP contribution in [-0.4, -0.2) is 42.5 Å². The standard InChI is InChI=1S/C12H14ClN3OS/c13-11-4-2-1-3-10(11)9-14-15-12(18)16-5-7-17-8-6-16/h1-4,9H,5-8H2,(H,15,18). The van der Waals surface area contributed by atoms with Gasteiger partial charge in [0.2, 0.25) is 0 Å². The third kappa shape index (κ3) is 3.66. The fourth-order valence-corrected chi connectivity index (χ4v) is 1.99. The SMILES string of the molecule is S=C(NN=Cc1ccccc1Cl)N1CCOCC1. The summed E-state index contributed by atoms with van der Waals surface area (Å²) in [7, 11) is 0. The topological polar surface area (TPSA) is 36.9 Å². The fraction of sp³-hybridized carbons (Fsp3) is 0.333. The van der Waals surface area contributed by atoms with Gasteiger partial charge in [0.25, 0.3) is 0 Å². The van der Waals surface area contributed by atoms with Crippen molar-refractivity contribution in [1.29, 1.82) is 0 Å². The van der Waals surface area contributed by atoms with Gasteiger partial charge in [-0.3, -0.25) is 5.43 Å². The summed E-state index contributed by atoms with van der Waals surface area (Å²) in [5.41, 5.74) is 3.70. The number of thiocarbonyl (C=S) groups is 1. The number of nitrogens with zero attached hydrogens (tertiary/aromatic N) is 2. The van der Waals surface area contributed by atoms with Crippen LogP contribution >= 0.6 is 23.8 Å². The van der Waals surface area contributed by atoms with Gasteiger partial charge in [-0.15, -0.1) is 0 Å². The van der Waals surface area contributed by atoms with E-state index in [1.807, 2.05) is 29.2 Å². The lowest BCUT2D eigenvalue weighted by atomic mass is 10.2. The monoisotopic (exact) mass is 283 g/mol. The Balaban J connectivity index is 1.87. The van der Waals surface area contributed by atoms with E-state index in [4.69, 9.17) is 28.6 Å². The molecule has 1 aromatic carbocycles. The molecule has 1 aliphatic heterocycles. The summed E-state index contributed by atoms with van der Waals surface area (Å²) in [4.78, 5) is 2.03. The Morgan fingerprint density at radius 2 is 2.11 bits per heavy atom. The lowest BCUT2D eigenvalue weighted by Gasteiger charge is -2.28. The van der Waals surface area contributed by atoms with Gasteiger partial charge in [0.15, 0.2) is 5.11 Å². The van der Waals surface area contributed by atoms with Crippen LogP contribution < -0.4 is 5.43 Å². The maximum atomic E-state index is 6.01. The van der Waals surface area contributed by atoms with Crippen LogP contribution in [0.25, 0.3) is 0 Å². The molecule has 0 bridgehead atoms. The molecule has 0 radical (unpaired) electrons. The molecule has 1 N–H and O–H groups in total. The van der Waals surface area contributed by atoms with Crippen LogP contribution in [0.15, 0.2) is 29.4 Å². The summed E-state index contributed by atoms with van der Waals surface area (Å²) in [6, 6.07) is 7.51. The highest BCUT2D eigenvalue weighted by molar-refractivity contribution is 7.80. The minimum Gasteiger partial charge on any atom is -0.378 e. The molecule has 2 rings (SSSR count). The van der Waals surface area contributed by atoms with Crippen molar-refractivity contribution in [2.75, 3.05) is 26.3 Å². The first-order valence-corrected chi connectivity index (χ1v) is 6.46. The average molecular weight is 284 g/mol. The Morgan fingerprint density at radius 3 is 2.83 bits per heavy atom. The van der Waals surface area contributed by atoms with Gasteiger partial charge in [-0.1, -0.05) is 29.8 Å².